The first-order valence-electron chi connectivity index (χ1n) is 6.92. The summed E-state index contributed by atoms with van der Waals surface area (Å²) in [6.45, 7) is 5.19. The maximum absolute atomic E-state index is 9.18. The molecule has 2 nitrogen and oxygen atoms in total. The Bertz CT molecular complexity index is 166. The molecule has 0 spiro atoms. The second kappa shape index (κ2) is 12.4. The van der Waals surface area contributed by atoms with Gasteiger partial charge in [0.2, 0.25) is 0 Å². The van der Waals surface area contributed by atoms with Crippen molar-refractivity contribution in [3.63, 3.8) is 0 Å². The van der Waals surface area contributed by atoms with E-state index < -0.39 is 0 Å². The number of nitrogens with one attached hydrogen (secondary N) is 1. The number of hydrogen-bond donors (Lipinski definition) is 2. The number of allylic oxidation sites excluding steroid dienone is 1. The Morgan fingerprint density at radius 1 is 0.938 bits per heavy atom. The molecule has 0 unspecified atom stereocenters. The maximum atomic E-state index is 9.18. The molecule has 0 aromatic rings. The Hall–Kier alpha value is -0.660. The van der Waals surface area contributed by atoms with Gasteiger partial charge in [0.1, 0.15) is 5.76 Å². The molecule has 16 heavy (non-hydrogen) atoms. The fraction of sp³-hybridized carbons (Fsp3) is 0.857. The Morgan fingerprint density at radius 2 is 1.50 bits per heavy atom. The number of aliphatic hydroxyl groups excluding tert-OH is 1. The van der Waals surface area contributed by atoms with Crippen LogP contribution in [-0.2, 0) is 0 Å². The van der Waals surface area contributed by atoms with Crippen molar-refractivity contribution in [2.45, 2.75) is 71.6 Å². The second-order valence-corrected chi connectivity index (χ2v) is 4.42. The van der Waals surface area contributed by atoms with Crippen LogP contribution >= 0.6 is 0 Å². The predicted octanol–water partition coefficient (Wildman–Crippen LogP) is 4.53. The summed E-state index contributed by atoms with van der Waals surface area (Å²) in [5.41, 5.74) is 0. The van der Waals surface area contributed by atoms with Crippen molar-refractivity contribution in [1.82, 2.24) is 5.32 Å². The van der Waals surface area contributed by atoms with Gasteiger partial charge in [-0.05, 0) is 6.42 Å². The lowest BCUT2D eigenvalue weighted by atomic mass is 10.1. The summed E-state index contributed by atoms with van der Waals surface area (Å²) in [4.78, 5) is 0. The van der Waals surface area contributed by atoms with Crippen LogP contribution in [0.1, 0.15) is 71.6 Å². The van der Waals surface area contributed by atoms with Crippen molar-refractivity contribution in [2.24, 2.45) is 0 Å². The third kappa shape index (κ3) is 11.4. The highest BCUT2D eigenvalue weighted by atomic mass is 16.3. The molecule has 0 aromatic carbocycles. The van der Waals surface area contributed by atoms with Gasteiger partial charge in [-0.3, -0.25) is 0 Å². The third-order valence-corrected chi connectivity index (χ3v) is 2.81. The van der Waals surface area contributed by atoms with Gasteiger partial charge < -0.3 is 10.4 Å². The molecule has 0 aromatic heterocycles. The highest BCUT2D eigenvalue weighted by molar-refractivity contribution is 4.86. The van der Waals surface area contributed by atoms with E-state index in [1.54, 1.807) is 6.20 Å². The van der Waals surface area contributed by atoms with Crippen molar-refractivity contribution in [1.29, 1.82) is 0 Å². The quantitative estimate of drug-likeness (QED) is 0.401. The fourth-order valence-electron chi connectivity index (χ4n) is 1.65. The molecule has 0 aliphatic rings. The Morgan fingerprint density at radius 3 is 2.06 bits per heavy atom. The van der Waals surface area contributed by atoms with Crippen LogP contribution in [0.4, 0.5) is 0 Å². The van der Waals surface area contributed by atoms with E-state index in [0.29, 0.717) is 12.2 Å². The Kier molecular flexibility index (Phi) is 11.9. The predicted molar refractivity (Wildman–Crippen MR) is 71.6 cm³/mol. The maximum Gasteiger partial charge on any atom is 0.108 e. The van der Waals surface area contributed by atoms with Crippen LogP contribution in [-0.4, -0.2) is 11.7 Å². The first-order valence-corrected chi connectivity index (χ1v) is 6.92. The summed E-state index contributed by atoms with van der Waals surface area (Å²) in [5, 5.41) is 12.3. The largest absolute Gasteiger partial charge is 0.511 e. The summed E-state index contributed by atoms with van der Waals surface area (Å²) >= 11 is 0. The van der Waals surface area contributed by atoms with E-state index in [2.05, 4.69) is 12.2 Å². The molecule has 96 valence electrons. The smallest absolute Gasteiger partial charge is 0.108 e. The zero-order valence-corrected chi connectivity index (χ0v) is 11.1. The summed E-state index contributed by atoms with van der Waals surface area (Å²) in [5.74, 6) is 0.444. The molecule has 0 fully saturated rings. The molecule has 0 radical (unpaired) electrons. The molecule has 0 aliphatic heterocycles. The number of rotatable bonds is 11. The van der Waals surface area contributed by atoms with Crippen LogP contribution in [0.15, 0.2) is 12.0 Å². The molecule has 2 heteroatoms. The van der Waals surface area contributed by atoms with Crippen LogP contribution in [0.25, 0.3) is 0 Å². The molecule has 0 saturated heterocycles. The van der Waals surface area contributed by atoms with Gasteiger partial charge in [-0.1, -0.05) is 58.8 Å². The monoisotopic (exact) mass is 227 g/mol. The van der Waals surface area contributed by atoms with Gasteiger partial charge in [0, 0.05) is 19.2 Å². The third-order valence-electron chi connectivity index (χ3n) is 2.81. The van der Waals surface area contributed by atoms with E-state index in [9.17, 15) is 5.11 Å². The first kappa shape index (κ1) is 15.3. The molecule has 0 heterocycles. The van der Waals surface area contributed by atoms with Gasteiger partial charge in [-0.2, -0.15) is 0 Å². The van der Waals surface area contributed by atoms with Crippen LogP contribution in [0, 0.1) is 0 Å². The van der Waals surface area contributed by atoms with E-state index >= 15 is 0 Å². The molecule has 0 amide bonds. The lowest BCUT2D eigenvalue weighted by Crippen LogP contribution is -2.07. The van der Waals surface area contributed by atoms with Crippen LogP contribution in [0.3, 0.4) is 0 Å². The molecule has 0 bridgehead atoms. The molecule has 2 N–H and O–H groups in total. The van der Waals surface area contributed by atoms with Crippen molar-refractivity contribution in [3.8, 4) is 0 Å². The normalized spacial score (nSPS) is 11.8. The summed E-state index contributed by atoms with van der Waals surface area (Å²) in [6, 6.07) is 0. The fourth-order valence-corrected chi connectivity index (χ4v) is 1.65. The minimum atomic E-state index is 0.444. The van der Waals surface area contributed by atoms with E-state index in [1.165, 1.54) is 51.4 Å². The minimum absolute atomic E-state index is 0.444. The van der Waals surface area contributed by atoms with Crippen LogP contribution in [0.2, 0.25) is 0 Å². The van der Waals surface area contributed by atoms with Gasteiger partial charge in [0.05, 0.1) is 0 Å². The van der Waals surface area contributed by atoms with E-state index in [-0.39, 0.29) is 0 Å². The number of aliphatic hydroxyl groups is 1. The van der Waals surface area contributed by atoms with Crippen molar-refractivity contribution in [2.75, 3.05) is 6.54 Å². The summed E-state index contributed by atoms with van der Waals surface area (Å²) in [7, 11) is 0. The molecule has 0 aliphatic carbocycles. The van der Waals surface area contributed by atoms with Gasteiger partial charge >= 0.3 is 0 Å². The number of unbranched alkanes of at least 4 members (excludes halogenated alkanes) is 7. The van der Waals surface area contributed by atoms with E-state index in [0.717, 1.165) is 6.54 Å². The molecule has 0 saturated carbocycles. The molecule has 0 rings (SSSR count). The highest BCUT2D eigenvalue weighted by Gasteiger charge is 1.91. The zero-order chi connectivity index (χ0) is 12.1. The highest BCUT2D eigenvalue weighted by Crippen LogP contribution is 2.07. The molecular formula is C14H29NO. The van der Waals surface area contributed by atoms with Gasteiger partial charge in [-0.25, -0.2) is 0 Å². The first-order chi connectivity index (χ1) is 7.81. The second-order valence-electron chi connectivity index (χ2n) is 4.42. The lowest BCUT2D eigenvalue weighted by molar-refractivity contribution is 0.389. The van der Waals surface area contributed by atoms with Crippen LogP contribution in [0.5, 0.6) is 0 Å². The van der Waals surface area contributed by atoms with Gasteiger partial charge in [-0.15, -0.1) is 0 Å². The summed E-state index contributed by atoms with van der Waals surface area (Å²) < 4.78 is 0. The average Bonchev–Trinajstić information content (AvgIpc) is 2.31. The van der Waals surface area contributed by atoms with E-state index in [1.807, 2.05) is 6.92 Å². The Balaban J connectivity index is 3.04. The zero-order valence-electron chi connectivity index (χ0n) is 11.1. The lowest BCUT2D eigenvalue weighted by Gasteiger charge is -2.02. The van der Waals surface area contributed by atoms with Crippen molar-refractivity contribution < 1.29 is 5.11 Å². The number of hydrogen-bond acceptors (Lipinski definition) is 2. The van der Waals surface area contributed by atoms with Gasteiger partial charge in [0.25, 0.3) is 0 Å². The van der Waals surface area contributed by atoms with Gasteiger partial charge in [0.15, 0.2) is 0 Å². The summed E-state index contributed by atoms with van der Waals surface area (Å²) in [6.07, 6.45) is 13.2. The van der Waals surface area contributed by atoms with E-state index in [4.69, 9.17) is 0 Å². The average molecular weight is 227 g/mol. The minimum Gasteiger partial charge on any atom is -0.511 e. The Labute approximate surface area is 101 Å². The SMILES string of the molecule is CCCCCCCCCCNC=C(O)CC. The molecular weight excluding hydrogens is 198 g/mol. The standard InChI is InChI=1S/C14H29NO/c1-3-5-6-7-8-9-10-11-12-15-13-14(16)4-2/h13,15-16H,3-12H2,1-2H3. The topological polar surface area (TPSA) is 32.3 Å². The molecule has 0 atom stereocenters. The van der Waals surface area contributed by atoms with Crippen molar-refractivity contribution >= 4 is 0 Å². The van der Waals surface area contributed by atoms with Crippen LogP contribution < -0.4 is 5.32 Å². The van der Waals surface area contributed by atoms with Crippen molar-refractivity contribution in [3.05, 3.63) is 12.0 Å².